The third kappa shape index (κ3) is 3.68. The number of aromatic amines is 1. The minimum absolute atomic E-state index is 0.193. The fraction of sp³-hybridized carbons (Fsp3) is 0.346. The normalized spacial score (nSPS) is 22.7. The van der Waals surface area contributed by atoms with Gasteiger partial charge >= 0.3 is 5.97 Å². The van der Waals surface area contributed by atoms with Gasteiger partial charge < -0.3 is 10.1 Å². The molecule has 1 saturated carbocycles. The van der Waals surface area contributed by atoms with Crippen molar-refractivity contribution in [3.05, 3.63) is 76.7 Å². The summed E-state index contributed by atoms with van der Waals surface area (Å²) in [5.74, 6) is -1.35. The van der Waals surface area contributed by atoms with Gasteiger partial charge in [-0.3, -0.25) is 4.90 Å². The van der Waals surface area contributed by atoms with Gasteiger partial charge in [0.2, 0.25) is 0 Å². The summed E-state index contributed by atoms with van der Waals surface area (Å²) in [6.45, 7) is 5.49. The van der Waals surface area contributed by atoms with E-state index in [4.69, 9.17) is 5.11 Å². The zero-order valence-electron chi connectivity index (χ0n) is 17.9. The van der Waals surface area contributed by atoms with Crippen molar-refractivity contribution in [2.45, 2.75) is 45.2 Å². The van der Waals surface area contributed by atoms with Crippen molar-refractivity contribution < 1.29 is 14.3 Å². The summed E-state index contributed by atoms with van der Waals surface area (Å²) in [4.78, 5) is 16.9. The van der Waals surface area contributed by atoms with Gasteiger partial charge in [0, 0.05) is 40.8 Å². The predicted octanol–water partition coefficient (Wildman–Crippen LogP) is 5.54. The van der Waals surface area contributed by atoms with Crippen molar-refractivity contribution in [1.82, 2.24) is 9.88 Å². The molecule has 2 aromatic carbocycles. The molecule has 1 aromatic heterocycles. The minimum Gasteiger partial charge on any atom is -0.478 e. The lowest BCUT2D eigenvalue weighted by atomic mass is 9.87. The number of fused-ring (bicyclic) bond motifs is 3. The zero-order valence-corrected chi connectivity index (χ0v) is 17.9. The van der Waals surface area contributed by atoms with Crippen LogP contribution in [0.5, 0.6) is 0 Å². The number of halogens is 1. The van der Waals surface area contributed by atoms with Crippen molar-refractivity contribution in [2.24, 2.45) is 5.41 Å². The Morgan fingerprint density at radius 1 is 1.29 bits per heavy atom. The first-order chi connectivity index (χ1) is 14.8. The summed E-state index contributed by atoms with van der Waals surface area (Å²) in [6.07, 6.45) is 5.82. The molecule has 0 bridgehead atoms. The van der Waals surface area contributed by atoms with Crippen LogP contribution in [0, 0.1) is 11.2 Å². The Balaban J connectivity index is 1.63. The molecule has 0 unspecified atom stereocenters. The second kappa shape index (κ2) is 7.34. The smallest absolute Gasteiger partial charge is 0.328 e. The molecular weight excluding hydrogens is 391 g/mol. The van der Waals surface area contributed by atoms with Crippen LogP contribution in [0.1, 0.15) is 55.1 Å². The molecule has 5 heteroatoms. The SMILES string of the molecule is C[C@@H]1Cc2c([nH]c3ccccc23)[C@@H](c2ccc(/C=C/C(=O)O)cc2F)N1CC1(C)CC1. The number of para-hydroxylation sites is 1. The van der Waals surface area contributed by atoms with Crippen LogP contribution in [-0.2, 0) is 11.2 Å². The van der Waals surface area contributed by atoms with Crippen LogP contribution in [0.4, 0.5) is 4.39 Å². The van der Waals surface area contributed by atoms with Gasteiger partial charge in [-0.25, -0.2) is 9.18 Å². The number of nitrogens with one attached hydrogen (secondary N) is 1. The number of hydrogen-bond acceptors (Lipinski definition) is 2. The molecule has 1 aliphatic carbocycles. The molecule has 5 rings (SSSR count). The molecule has 2 atom stereocenters. The van der Waals surface area contributed by atoms with E-state index in [1.165, 1.54) is 35.9 Å². The summed E-state index contributed by atoms with van der Waals surface area (Å²) in [5, 5.41) is 10.1. The summed E-state index contributed by atoms with van der Waals surface area (Å²) in [5.41, 5.74) is 4.93. The predicted molar refractivity (Wildman–Crippen MR) is 120 cm³/mol. The number of nitrogens with zero attached hydrogens (tertiary/aromatic N) is 1. The van der Waals surface area contributed by atoms with Crippen LogP contribution in [0.2, 0.25) is 0 Å². The van der Waals surface area contributed by atoms with E-state index in [1.807, 2.05) is 12.1 Å². The monoisotopic (exact) mass is 418 g/mol. The van der Waals surface area contributed by atoms with E-state index >= 15 is 4.39 Å². The van der Waals surface area contributed by atoms with Crippen molar-refractivity contribution in [2.75, 3.05) is 6.54 Å². The van der Waals surface area contributed by atoms with E-state index < -0.39 is 5.97 Å². The molecule has 1 fully saturated rings. The summed E-state index contributed by atoms with van der Waals surface area (Å²) >= 11 is 0. The van der Waals surface area contributed by atoms with Crippen molar-refractivity contribution in [1.29, 1.82) is 0 Å². The van der Waals surface area contributed by atoms with Gasteiger partial charge in [-0.2, -0.15) is 0 Å². The number of carboxylic acids is 1. The van der Waals surface area contributed by atoms with Gasteiger partial charge in [0.15, 0.2) is 0 Å². The van der Waals surface area contributed by atoms with Gasteiger partial charge in [-0.1, -0.05) is 37.3 Å². The number of carboxylic acid groups (broad SMARTS) is 1. The second-order valence-corrected chi connectivity index (χ2v) is 9.45. The Bertz CT molecular complexity index is 1190. The molecule has 0 radical (unpaired) electrons. The Morgan fingerprint density at radius 2 is 2.06 bits per heavy atom. The molecule has 160 valence electrons. The quantitative estimate of drug-likeness (QED) is 0.535. The highest BCUT2D eigenvalue weighted by atomic mass is 19.1. The van der Waals surface area contributed by atoms with E-state index in [2.05, 4.69) is 41.9 Å². The molecule has 2 heterocycles. The Morgan fingerprint density at radius 3 is 2.77 bits per heavy atom. The largest absolute Gasteiger partial charge is 0.478 e. The first-order valence-corrected chi connectivity index (χ1v) is 10.9. The topological polar surface area (TPSA) is 56.3 Å². The fourth-order valence-corrected chi connectivity index (χ4v) is 4.94. The van der Waals surface area contributed by atoms with Gasteiger partial charge in [0.1, 0.15) is 5.82 Å². The minimum atomic E-state index is -1.04. The van der Waals surface area contributed by atoms with E-state index in [-0.39, 0.29) is 11.9 Å². The van der Waals surface area contributed by atoms with Crippen LogP contribution in [0.3, 0.4) is 0 Å². The van der Waals surface area contributed by atoms with Crippen molar-refractivity contribution >= 4 is 22.9 Å². The average Bonchev–Trinajstić information content (AvgIpc) is 3.35. The number of H-pyrrole nitrogens is 1. The standard InChI is InChI=1S/C26H27FN2O2/c1-16-13-20-18-5-3-4-6-22(18)28-24(20)25(29(16)15-26(2)11-12-26)19-9-7-17(14-21(19)27)8-10-23(30)31/h3-10,14,16,25,28H,11-13,15H2,1-2H3,(H,30,31)/b10-8+/t16-,25-/m1/s1. The maximum absolute atomic E-state index is 15.4. The van der Waals surface area contributed by atoms with Crippen LogP contribution in [0.25, 0.3) is 17.0 Å². The second-order valence-electron chi connectivity index (χ2n) is 9.45. The number of rotatable bonds is 5. The number of aromatic nitrogens is 1. The van der Waals surface area contributed by atoms with Crippen LogP contribution >= 0.6 is 0 Å². The van der Waals surface area contributed by atoms with E-state index in [1.54, 1.807) is 6.07 Å². The lowest BCUT2D eigenvalue weighted by Gasteiger charge is -2.42. The summed E-state index contributed by atoms with van der Waals surface area (Å²) in [6, 6.07) is 13.5. The molecule has 0 spiro atoms. The van der Waals surface area contributed by atoms with E-state index in [9.17, 15) is 4.79 Å². The van der Waals surface area contributed by atoms with Gasteiger partial charge in [0.05, 0.1) is 6.04 Å². The van der Waals surface area contributed by atoms with Crippen LogP contribution in [-0.4, -0.2) is 33.5 Å². The summed E-state index contributed by atoms with van der Waals surface area (Å²) < 4.78 is 15.4. The van der Waals surface area contributed by atoms with Gasteiger partial charge in [-0.05, 0) is 60.9 Å². The maximum Gasteiger partial charge on any atom is 0.328 e. The lowest BCUT2D eigenvalue weighted by molar-refractivity contribution is -0.131. The summed E-state index contributed by atoms with van der Waals surface area (Å²) in [7, 11) is 0. The molecule has 0 amide bonds. The van der Waals surface area contributed by atoms with E-state index in [0.717, 1.165) is 30.3 Å². The average molecular weight is 419 g/mol. The Kier molecular flexibility index (Phi) is 4.74. The molecule has 1 aliphatic heterocycles. The first-order valence-electron chi connectivity index (χ1n) is 10.9. The molecule has 2 N–H and O–H groups in total. The Labute approximate surface area is 181 Å². The number of aliphatic carboxylic acids is 1. The van der Waals surface area contributed by atoms with Crippen LogP contribution < -0.4 is 0 Å². The van der Waals surface area contributed by atoms with Gasteiger partial charge in [-0.15, -0.1) is 0 Å². The maximum atomic E-state index is 15.4. The number of benzene rings is 2. The zero-order chi connectivity index (χ0) is 21.8. The number of carbonyl (C=O) groups is 1. The lowest BCUT2D eigenvalue weighted by Crippen LogP contribution is -2.45. The van der Waals surface area contributed by atoms with E-state index in [0.29, 0.717) is 22.6 Å². The van der Waals surface area contributed by atoms with Crippen LogP contribution in [0.15, 0.2) is 48.5 Å². The molecule has 31 heavy (non-hydrogen) atoms. The highest BCUT2D eigenvalue weighted by Gasteiger charge is 2.44. The molecule has 2 aliphatic rings. The molecular formula is C26H27FN2O2. The van der Waals surface area contributed by atoms with Crippen molar-refractivity contribution in [3.63, 3.8) is 0 Å². The highest BCUT2D eigenvalue weighted by molar-refractivity contribution is 5.86. The highest BCUT2D eigenvalue weighted by Crippen LogP contribution is 2.50. The third-order valence-electron chi connectivity index (χ3n) is 6.92. The fourth-order valence-electron chi connectivity index (χ4n) is 4.94. The third-order valence-corrected chi connectivity index (χ3v) is 6.92. The first kappa shape index (κ1) is 20.0. The van der Waals surface area contributed by atoms with Gasteiger partial charge in [0.25, 0.3) is 0 Å². The molecule has 0 saturated heterocycles. The molecule has 3 aromatic rings. The Hall–Kier alpha value is -2.92. The molecule has 4 nitrogen and oxygen atoms in total. The number of hydrogen-bond donors (Lipinski definition) is 2. The van der Waals surface area contributed by atoms with Crippen molar-refractivity contribution in [3.8, 4) is 0 Å².